The van der Waals surface area contributed by atoms with E-state index in [1.807, 2.05) is 0 Å². The molecule has 0 aromatic rings. The standard InChI is InChI=1S/C14H28/c1-4-6-7-8-9-10-11-13-12-14(13,3)5-2/h13H,4-12H2,1-3H3. The van der Waals surface area contributed by atoms with Gasteiger partial charge in [-0.05, 0) is 24.2 Å². The summed E-state index contributed by atoms with van der Waals surface area (Å²) in [5.74, 6) is 1.08. The maximum atomic E-state index is 2.47. The van der Waals surface area contributed by atoms with Crippen molar-refractivity contribution < 1.29 is 0 Å². The zero-order valence-corrected chi connectivity index (χ0v) is 10.4. The second-order valence-corrected chi connectivity index (χ2v) is 5.47. The summed E-state index contributed by atoms with van der Waals surface area (Å²) in [6, 6.07) is 0. The van der Waals surface area contributed by atoms with Crippen LogP contribution in [0.2, 0.25) is 0 Å². The molecule has 1 aliphatic rings. The molecule has 0 radical (unpaired) electrons. The van der Waals surface area contributed by atoms with Gasteiger partial charge in [0.1, 0.15) is 0 Å². The van der Waals surface area contributed by atoms with Crippen LogP contribution in [0.1, 0.15) is 78.6 Å². The number of rotatable bonds is 8. The van der Waals surface area contributed by atoms with E-state index in [0.717, 1.165) is 11.3 Å². The molecule has 0 N–H and O–H groups in total. The molecule has 0 bridgehead atoms. The van der Waals surface area contributed by atoms with Crippen LogP contribution in [0.5, 0.6) is 0 Å². The first-order chi connectivity index (χ1) is 6.73. The fourth-order valence-electron chi connectivity index (χ4n) is 2.56. The molecule has 0 heterocycles. The molecule has 14 heavy (non-hydrogen) atoms. The average Bonchev–Trinajstić information content (AvgIpc) is 2.84. The monoisotopic (exact) mass is 196 g/mol. The first kappa shape index (κ1) is 12.1. The highest BCUT2D eigenvalue weighted by atomic mass is 14.5. The Labute approximate surface area is 90.5 Å². The third-order valence-corrected chi connectivity index (χ3v) is 4.25. The van der Waals surface area contributed by atoms with Gasteiger partial charge in [0.05, 0.1) is 0 Å². The van der Waals surface area contributed by atoms with Crippen molar-refractivity contribution >= 4 is 0 Å². The van der Waals surface area contributed by atoms with Crippen LogP contribution in [0.25, 0.3) is 0 Å². The van der Waals surface area contributed by atoms with Crippen LogP contribution in [0.15, 0.2) is 0 Å². The largest absolute Gasteiger partial charge is 0.0654 e. The van der Waals surface area contributed by atoms with Crippen molar-refractivity contribution in [1.82, 2.24) is 0 Å². The Morgan fingerprint density at radius 1 is 1.00 bits per heavy atom. The van der Waals surface area contributed by atoms with E-state index in [9.17, 15) is 0 Å². The van der Waals surface area contributed by atoms with Crippen LogP contribution in [-0.2, 0) is 0 Å². The fraction of sp³-hybridized carbons (Fsp3) is 1.00. The summed E-state index contributed by atoms with van der Waals surface area (Å²) in [6.45, 7) is 7.10. The fourth-order valence-corrected chi connectivity index (χ4v) is 2.56. The molecule has 0 aliphatic heterocycles. The van der Waals surface area contributed by atoms with Crippen molar-refractivity contribution in [2.24, 2.45) is 11.3 Å². The minimum absolute atomic E-state index is 0.753. The van der Waals surface area contributed by atoms with Crippen molar-refractivity contribution in [3.05, 3.63) is 0 Å². The van der Waals surface area contributed by atoms with E-state index in [1.54, 1.807) is 0 Å². The Hall–Kier alpha value is 0. The number of unbranched alkanes of at least 4 members (excludes halogenated alkanes) is 5. The van der Waals surface area contributed by atoms with Gasteiger partial charge in [0.2, 0.25) is 0 Å². The molecule has 0 amide bonds. The van der Waals surface area contributed by atoms with Crippen LogP contribution in [-0.4, -0.2) is 0 Å². The highest BCUT2D eigenvalue weighted by Gasteiger charge is 2.46. The molecular weight excluding hydrogens is 168 g/mol. The average molecular weight is 196 g/mol. The smallest absolute Gasteiger partial charge is 0.0297 e. The molecule has 0 aromatic carbocycles. The van der Waals surface area contributed by atoms with Crippen molar-refractivity contribution in [3.8, 4) is 0 Å². The Balaban J connectivity index is 1.86. The summed E-state index contributed by atoms with van der Waals surface area (Å²) in [4.78, 5) is 0. The molecule has 2 unspecified atom stereocenters. The maximum Gasteiger partial charge on any atom is -0.0297 e. The molecule has 1 aliphatic carbocycles. The van der Waals surface area contributed by atoms with Crippen molar-refractivity contribution in [2.75, 3.05) is 0 Å². The summed E-state index contributed by atoms with van der Waals surface area (Å²) in [5.41, 5.74) is 0.753. The second kappa shape index (κ2) is 5.78. The van der Waals surface area contributed by atoms with Gasteiger partial charge in [-0.2, -0.15) is 0 Å². The molecule has 0 nitrogen and oxygen atoms in total. The van der Waals surface area contributed by atoms with Crippen molar-refractivity contribution in [3.63, 3.8) is 0 Å². The summed E-state index contributed by atoms with van der Waals surface area (Å²) >= 11 is 0. The van der Waals surface area contributed by atoms with Crippen molar-refractivity contribution in [2.45, 2.75) is 78.6 Å². The summed E-state index contributed by atoms with van der Waals surface area (Å²) < 4.78 is 0. The predicted octanol–water partition coefficient (Wildman–Crippen LogP) is 5.17. The highest BCUT2D eigenvalue weighted by Crippen LogP contribution is 2.57. The van der Waals surface area contributed by atoms with Crippen LogP contribution in [0.3, 0.4) is 0 Å². The minimum Gasteiger partial charge on any atom is -0.0654 e. The van der Waals surface area contributed by atoms with Gasteiger partial charge in [-0.25, -0.2) is 0 Å². The third-order valence-electron chi connectivity index (χ3n) is 4.25. The van der Waals surface area contributed by atoms with Crippen LogP contribution < -0.4 is 0 Å². The summed E-state index contributed by atoms with van der Waals surface area (Å²) in [6.07, 6.45) is 13.1. The lowest BCUT2D eigenvalue weighted by Crippen LogP contribution is -1.95. The van der Waals surface area contributed by atoms with E-state index >= 15 is 0 Å². The molecule has 1 rings (SSSR count). The normalized spacial score (nSPS) is 30.6. The van der Waals surface area contributed by atoms with Gasteiger partial charge in [0.25, 0.3) is 0 Å². The van der Waals surface area contributed by atoms with Crippen LogP contribution in [0, 0.1) is 11.3 Å². The van der Waals surface area contributed by atoms with E-state index in [1.165, 1.54) is 57.8 Å². The Bertz CT molecular complexity index is 150. The highest BCUT2D eigenvalue weighted by molar-refractivity contribution is 4.97. The Kier molecular flexibility index (Phi) is 4.98. The third kappa shape index (κ3) is 3.63. The van der Waals surface area contributed by atoms with E-state index in [0.29, 0.717) is 0 Å². The van der Waals surface area contributed by atoms with E-state index in [4.69, 9.17) is 0 Å². The molecule has 1 fully saturated rings. The minimum atomic E-state index is 0.753. The van der Waals surface area contributed by atoms with Crippen molar-refractivity contribution in [1.29, 1.82) is 0 Å². The lowest BCUT2D eigenvalue weighted by Gasteiger charge is -2.06. The summed E-state index contributed by atoms with van der Waals surface area (Å²) in [7, 11) is 0. The predicted molar refractivity (Wildman–Crippen MR) is 64.5 cm³/mol. The molecule has 2 atom stereocenters. The molecule has 1 saturated carbocycles. The van der Waals surface area contributed by atoms with Crippen LogP contribution in [0.4, 0.5) is 0 Å². The second-order valence-electron chi connectivity index (χ2n) is 5.47. The van der Waals surface area contributed by atoms with E-state index < -0.39 is 0 Å². The number of hydrogen-bond acceptors (Lipinski definition) is 0. The molecule has 0 saturated heterocycles. The van der Waals surface area contributed by atoms with Gasteiger partial charge < -0.3 is 0 Å². The molecule has 0 heteroatoms. The zero-order chi connectivity index (χ0) is 10.4. The van der Waals surface area contributed by atoms with Gasteiger partial charge in [-0.1, -0.05) is 65.7 Å². The summed E-state index contributed by atoms with van der Waals surface area (Å²) in [5, 5.41) is 0. The maximum absolute atomic E-state index is 2.47. The van der Waals surface area contributed by atoms with Gasteiger partial charge in [0.15, 0.2) is 0 Å². The van der Waals surface area contributed by atoms with E-state index in [2.05, 4.69) is 20.8 Å². The lowest BCUT2D eigenvalue weighted by molar-refractivity contribution is 0.451. The van der Waals surface area contributed by atoms with Gasteiger partial charge in [-0.3, -0.25) is 0 Å². The Morgan fingerprint density at radius 2 is 1.64 bits per heavy atom. The molecule has 84 valence electrons. The van der Waals surface area contributed by atoms with E-state index in [-0.39, 0.29) is 0 Å². The molecular formula is C14H28. The SMILES string of the molecule is CCCCCCCCC1CC1(C)CC. The van der Waals surface area contributed by atoms with Gasteiger partial charge >= 0.3 is 0 Å². The first-order valence-electron chi connectivity index (χ1n) is 6.73. The topological polar surface area (TPSA) is 0 Å². The van der Waals surface area contributed by atoms with Gasteiger partial charge in [-0.15, -0.1) is 0 Å². The van der Waals surface area contributed by atoms with Crippen LogP contribution >= 0.6 is 0 Å². The quantitative estimate of drug-likeness (QED) is 0.470. The number of hydrogen-bond donors (Lipinski definition) is 0. The Morgan fingerprint density at radius 3 is 2.21 bits per heavy atom. The first-order valence-corrected chi connectivity index (χ1v) is 6.73. The zero-order valence-electron chi connectivity index (χ0n) is 10.4. The molecule has 0 spiro atoms. The molecule has 0 aromatic heterocycles. The lowest BCUT2D eigenvalue weighted by atomic mass is 9.99. The van der Waals surface area contributed by atoms with Gasteiger partial charge in [0, 0.05) is 0 Å².